The van der Waals surface area contributed by atoms with E-state index in [9.17, 15) is 13.6 Å². The number of amides is 1. The molecule has 2 rings (SSSR count). The van der Waals surface area contributed by atoms with Gasteiger partial charge in [-0.3, -0.25) is 4.79 Å². The van der Waals surface area contributed by atoms with E-state index < -0.39 is 6.61 Å². The summed E-state index contributed by atoms with van der Waals surface area (Å²) in [7, 11) is 0. The lowest BCUT2D eigenvalue weighted by molar-refractivity contribution is -0.122. The van der Waals surface area contributed by atoms with E-state index in [2.05, 4.69) is 22.3 Å². The van der Waals surface area contributed by atoms with Gasteiger partial charge in [-0.2, -0.15) is 8.78 Å². The Kier molecular flexibility index (Phi) is 9.00. The second-order valence-corrected chi connectivity index (χ2v) is 6.03. The standard InChI is InChI=1S/C17H24F2N2O2.ClH/c1-12(13-6-8-20-9-7-13)10-16(22)21-11-14-4-2-3-5-15(14)23-17(18)19;/h2-5,12-13,17,20H,6-11H2,1H3,(H,21,22);1H. The van der Waals surface area contributed by atoms with Crippen LogP contribution in [-0.4, -0.2) is 25.6 Å². The van der Waals surface area contributed by atoms with Gasteiger partial charge in [0.15, 0.2) is 0 Å². The van der Waals surface area contributed by atoms with Gasteiger partial charge in [0.05, 0.1) is 0 Å². The Bertz CT molecular complexity index is 511. The van der Waals surface area contributed by atoms with Crippen molar-refractivity contribution in [3.63, 3.8) is 0 Å². The summed E-state index contributed by atoms with van der Waals surface area (Å²) in [5.41, 5.74) is 0.552. The van der Waals surface area contributed by atoms with Gasteiger partial charge >= 0.3 is 6.61 Å². The Balaban J connectivity index is 0.00000288. The number of carbonyl (C=O) groups is 1. The van der Waals surface area contributed by atoms with Crippen LogP contribution in [0.15, 0.2) is 24.3 Å². The van der Waals surface area contributed by atoms with E-state index >= 15 is 0 Å². The van der Waals surface area contributed by atoms with Crippen LogP contribution in [0.3, 0.4) is 0 Å². The van der Waals surface area contributed by atoms with E-state index in [1.165, 1.54) is 6.07 Å². The number of ether oxygens (including phenoxy) is 1. The van der Waals surface area contributed by atoms with Crippen molar-refractivity contribution < 1.29 is 18.3 Å². The van der Waals surface area contributed by atoms with Crippen LogP contribution in [0.25, 0.3) is 0 Å². The van der Waals surface area contributed by atoms with Gasteiger partial charge in [-0.1, -0.05) is 25.1 Å². The van der Waals surface area contributed by atoms with Crippen LogP contribution < -0.4 is 15.4 Å². The number of piperidine rings is 1. The molecule has 1 aliphatic rings. The second-order valence-electron chi connectivity index (χ2n) is 6.03. The molecule has 2 N–H and O–H groups in total. The lowest BCUT2D eigenvalue weighted by atomic mass is 9.84. The molecular formula is C17H25ClF2N2O2. The van der Waals surface area contributed by atoms with Gasteiger partial charge in [-0.05, 0) is 43.8 Å². The summed E-state index contributed by atoms with van der Waals surface area (Å²) in [6.07, 6.45) is 2.65. The Morgan fingerprint density at radius 3 is 2.67 bits per heavy atom. The third kappa shape index (κ3) is 6.61. The SMILES string of the molecule is CC(CC(=O)NCc1ccccc1OC(F)F)C1CCNCC1.Cl. The molecule has 1 unspecified atom stereocenters. The summed E-state index contributed by atoms with van der Waals surface area (Å²) in [6, 6.07) is 6.51. The quantitative estimate of drug-likeness (QED) is 0.782. The number of benzene rings is 1. The molecule has 0 spiro atoms. The van der Waals surface area contributed by atoms with Crippen LogP contribution in [0.2, 0.25) is 0 Å². The van der Waals surface area contributed by atoms with Gasteiger partial charge in [0, 0.05) is 18.5 Å². The molecule has 1 saturated heterocycles. The molecule has 0 bridgehead atoms. The summed E-state index contributed by atoms with van der Waals surface area (Å²) in [5, 5.41) is 6.12. The molecule has 1 fully saturated rings. The third-order valence-electron chi connectivity index (χ3n) is 4.36. The van der Waals surface area contributed by atoms with Gasteiger partial charge < -0.3 is 15.4 Å². The monoisotopic (exact) mass is 362 g/mol. The molecule has 0 aromatic heterocycles. The van der Waals surface area contributed by atoms with Crippen molar-refractivity contribution in [2.24, 2.45) is 11.8 Å². The molecule has 0 saturated carbocycles. The molecule has 24 heavy (non-hydrogen) atoms. The largest absolute Gasteiger partial charge is 0.434 e. The van der Waals surface area contributed by atoms with Crippen molar-refractivity contribution in [3.05, 3.63) is 29.8 Å². The van der Waals surface area contributed by atoms with Crippen molar-refractivity contribution in [3.8, 4) is 5.75 Å². The second kappa shape index (κ2) is 10.5. The highest BCUT2D eigenvalue weighted by Crippen LogP contribution is 2.24. The zero-order valence-corrected chi connectivity index (χ0v) is 14.6. The first-order chi connectivity index (χ1) is 11.1. The van der Waals surface area contributed by atoms with E-state index in [-0.39, 0.29) is 30.6 Å². The van der Waals surface area contributed by atoms with Crippen molar-refractivity contribution in [1.29, 1.82) is 0 Å². The Morgan fingerprint density at radius 1 is 1.33 bits per heavy atom. The van der Waals surface area contributed by atoms with E-state index in [0.29, 0.717) is 23.8 Å². The predicted octanol–water partition coefficient (Wildman–Crippen LogP) is 3.35. The van der Waals surface area contributed by atoms with E-state index in [0.717, 1.165) is 25.9 Å². The topological polar surface area (TPSA) is 50.4 Å². The molecule has 0 aliphatic carbocycles. The fourth-order valence-corrected chi connectivity index (χ4v) is 3.00. The first kappa shape index (κ1) is 20.6. The molecular weight excluding hydrogens is 338 g/mol. The normalized spacial score (nSPS) is 16.3. The van der Waals surface area contributed by atoms with Gasteiger partial charge in [-0.25, -0.2) is 0 Å². The third-order valence-corrected chi connectivity index (χ3v) is 4.36. The maximum absolute atomic E-state index is 12.4. The van der Waals surface area contributed by atoms with Gasteiger partial charge in [0.1, 0.15) is 5.75 Å². The van der Waals surface area contributed by atoms with Crippen LogP contribution in [0.5, 0.6) is 5.75 Å². The molecule has 7 heteroatoms. The van der Waals surface area contributed by atoms with Crippen LogP contribution in [0, 0.1) is 11.8 Å². The number of para-hydroxylation sites is 1. The summed E-state index contributed by atoms with van der Waals surface area (Å²) in [4.78, 5) is 12.1. The maximum Gasteiger partial charge on any atom is 0.387 e. The summed E-state index contributed by atoms with van der Waals surface area (Å²) < 4.78 is 29.2. The summed E-state index contributed by atoms with van der Waals surface area (Å²) >= 11 is 0. The minimum absolute atomic E-state index is 0. The number of hydrogen-bond acceptors (Lipinski definition) is 3. The molecule has 136 valence electrons. The zero-order chi connectivity index (χ0) is 16.7. The Hall–Kier alpha value is -1.40. The minimum Gasteiger partial charge on any atom is -0.434 e. The molecule has 4 nitrogen and oxygen atoms in total. The van der Waals surface area contributed by atoms with E-state index in [1.807, 2.05) is 0 Å². The molecule has 1 aliphatic heterocycles. The van der Waals surface area contributed by atoms with Gasteiger partial charge in [0.2, 0.25) is 5.91 Å². The number of carbonyl (C=O) groups excluding carboxylic acids is 1. The predicted molar refractivity (Wildman–Crippen MR) is 91.5 cm³/mol. The molecule has 1 aromatic carbocycles. The minimum atomic E-state index is -2.87. The lowest BCUT2D eigenvalue weighted by Gasteiger charge is -2.27. The van der Waals surface area contributed by atoms with Crippen molar-refractivity contribution in [2.75, 3.05) is 13.1 Å². The molecule has 1 heterocycles. The van der Waals surface area contributed by atoms with Crippen LogP contribution in [-0.2, 0) is 11.3 Å². The van der Waals surface area contributed by atoms with Crippen LogP contribution in [0.1, 0.15) is 31.7 Å². The highest BCUT2D eigenvalue weighted by molar-refractivity contribution is 5.85. The maximum atomic E-state index is 12.4. The van der Waals surface area contributed by atoms with Gasteiger partial charge in [0.25, 0.3) is 0 Å². The average Bonchev–Trinajstić information content (AvgIpc) is 2.54. The molecule has 1 amide bonds. The number of nitrogens with one attached hydrogen (secondary N) is 2. The smallest absolute Gasteiger partial charge is 0.387 e. The number of alkyl halides is 2. The highest BCUT2D eigenvalue weighted by Gasteiger charge is 2.22. The van der Waals surface area contributed by atoms with Crippen LogP contribution >= 0.6 is 12.4 Å². The van der Waals surface area contributed by atoms with Crippen molar-refractivity contribution in [1.82, 2.24) is 10.6 Å². The molecule has 0 radical (unpaired) electrons. The fraction of sp³-hybridized carbons (Fsp3) is 0.588. The molecule has 1 aromatic rings. The first-order valence-electron chi connectivity index (χ1n) is 8.06. The number of rotatable bonds is 7. The Morgan fingerprint density at radius 2 is 2.00 bits per heavy atom. The lowest BCUT2D eigenvalue weighted by Crippen LogP contribution is -2.33. The zero-order valence-electron chi connectivity index (χ0n) is 13.8. The summed E-state index contributed by atoms with van der Waals surface area (Å²) in [5.74, 6) is 0.943. The fourth-order valence-electron chi connectivity index (χ4n) is 3.00. The van der Waals surface area contributed by atoms with Crippen molar-refractivity contribution >= 4 is 18.3 Å². The Labute approximate surface area is 147 Å². The number of hydrogen-bond donors (Lipinski definition) is 2. The van der Waals surface area contributed by atoms with E-state index in [4.69, 9.17) is 0 Å². The van der Waals surface area contributed by atoms with E-state index in [1.54, 1.807) is 18.2 Å². The molecule has 1 atom stereocenters. The van der Waals surface area contributed by atoms with Crippen LogP contribution in [0.4, 0.5) is 8.78 Å². The van der Waals surface area contributed by atoms with Gasteiger partial charge in [-0.15, -0.1) is 12.4 Å². The van der Waals surface area contributed by atoms with Crippen molar-refractivity contribution in [2.45, 2.75) is 39.3 Å². The first-order valence-corrected chi connectivity index (χ1v) is 8.06. The summed E-state index contributed by atoms with van der Waals surface area (Å²) in [6.45, 7) is 1.44. The average molecular weight is 363 g/mol. The highest BCUT2D eigenvalue weighted by atomic mass is 35.5. The number of halogens is 3.